The maximum Gasteiger partial charge on any atom is 0.160 e. The molecule has 2 aliphatic rings. The minimum atomic E-state index is -0.0648. The highest BCUT2D eigenvalue weighted by atomic mass is 16.5. The van der Waals surface area contributed by atoms with Crippen LogP contribution in [0, 0.1) is 5.92 Å². The predicted molar refractivity (Wildman–Crippen MR) is 104 cm³/mol. The van der Waals surface area contributed by atoms with Gasteiger partial charge < -0.3 is 24.6 Å². The average molecular weight is 366 g/mol. The fourth-order valence-electron chi connectivity index (χ4n) is 3.53. The average Bonchev–Trinajstić information content (AvgIpc) is 3.14. The van der Waals surface area contributed by atoms with Gasteiger partial charge in [0.15, 0.2) is 11.5 Å². The first-order valence-corrected chi connectivity index (χ1v) is 9.85. The fraction of sp³-hybridized carbons (Fsp3) is 0.714. The van der Waals surface area contributed by atoms with E-state index in [1.54, 1.807) is 14.2 Å². The van der Waals surface area contributed by atoms with Crippen LogP contribution in [-0.4, -0.2) is 51.2 Å². The highest BCUT2D eigenvalue weighted by Gasteiger charge is 2.21. The normalized spacial score (nSPS) is 25.3. The topological polar surface area (TPSA) is 60.0 Å². The Balaban J connectivity index is 0.000000342. The third-order valence-electron chi connectivity index (χ3n) is 5.24. The van der Waals surface area contributed by atoms with Gasteiger partial charge in [0.1, 0.15) is 0 Å². The molecule has 1 unspecified atom stereocenters. The van der Waals surface area contributed by atoms with Crippen molar-refractivity contribution < 1.29 is 19.3 Å². The van der Waals surface area contributed by atoms with Gasteiger partial charge in [-0.15, -0.1) is 0 Å². The van der Waals surface area contributed by atoms with E-state index in [4.69, 9.17) is 19.3 Å². The highest BCUT2D eigenvalue weighted by molar-refractivity contribution is 5.42. The molecule has 3 rings (SSSR count). The molecule has 0 bridgehead atoms. The van der Waals surface area contributed by atoms with Crippen molar-refractivity contribution in [2.75, 3.05) is 33.9 Å². The van der Waals surface area contributed by atoms with Crippen molar-refractivity contribution in [1.29, 1.82) is 0 Å². The molecule has 0 amide bonds. The third kappa shape index (κ3) is 6.78. The zero-order valence-corrected chi connectivity index (χ0v) is 16.5. The lowest BCUT2D eigenvalue weighted by atomic mass is 9.88. The molecule has 0 spiro atoms. The first-order chi connectivity index (χ1) is 12.6. The van der Waals surface area contributed by atoms with Crippen molar-refractivity contribution in [2.24, 2.45) is 5.92 Å². The second kappa shape index (κ2) is 11.4. The number of β-amino-alcohol motifs (C(OH)–C–C–N with tert-alkyl or cyclic N) is 1. The SMILES string of the molecule is COc1ccc(CCO[C@H]2CCCCC2C)cc1OC.O[C@@H]1CCNC1. The van der Waals surface area contributed by atoms with Gasteiger partial charge in [-0.25, -0.2) is 0 Å². The molecule has 1 aromatic rings. The van der Waals surface area contributed by atoms with Crippen LogP contribution in [0.25, 0.3) is 0 Å². The van der Waals surface area contributed by atoms with Crippen molar-refractivity contribution in [3.8, 4) is 11.5 Å². The molecule has 1 aromatic carbocycles. The molecule has 2 N–H and O–H groups in total. The van der Waals surface area contributed by atoms with Gasteiger partial charge in [0.25, 0.3) is 0 Å². The number of aliphatic hydroxyl groups excluding tert-OH is 1. The highest BCUT2D eigenvalue weighted by Crippen LogP contribution is 2.29. The molecule has 0 radical (unpaired) electrons. The van der Waals surface area contributed by atoms with E-state index in [9.17, 15) is 0 Å². The zero-order valence-electron chi connectivity index (χ0n) is 16.5. The number of ether oxygens (including phenoxy) is 3. The van der Waals surface area contributed by atoms with E-state index in [1.165, 1.54) is 31.2 Å². The Kier molecular flexibility index (Phi) is 9.23. The van der Waals surface area contributed by atoms with Gasteiger partial charge in [0.05, 0.1) is 33.0 Å². The molecule has 148 valence electrons. The summed E-state index contributed by atoms with van der Waals surface area (Å²) in [7, 11) is 3.33. The van der Waals surface area contributed by atoms with Gasteiger partial charge in [0.2, 0.25) is 0 Å². The molecule has 1 saturated heterocycles. The summed E-state index contributed by atoms with van der Waals surface area (Å²) in [6, 6.07) is 6.07. The van der Waals surface area contributed by atoms with E-state index in [-0.39, 0.29) is 6.10 Å². The Morgan fingerprint density at radius 3 is 2.42 bits per heavy atom. The first-order valence-electron chi connectivity index (χ1n) is 9.85. The van der Waals surface area contributed by atoms with E-state index < -0.39 is 0 Å². The van der Waals surface area contributed by atoms with E-state index in [1.807, 2.05) is 12.1 Å². The van der Waals surface area contributed by atoms with Crippen molar-refractivity contribution in [1.82, 2.24) is 5.32 Å². The molecule has 1 aliphatic carbocycles. The van der Waals surface area contributed by atoms with E-state index >= 15 is 0 Å². The van der Waals surface area contributed by atoms with Crippen LogP contribution in [0.5, 0.6) is 11.5 Å². The Morgan fingerprint density at radius 2 is 1.85 bits per heavy atom. The van der Waals surface area contributed by atoms with Gasteiger partial charge in [-0.1, -0.05) is 25.8 Å². The van der Waals surface area contributed by atoms with Gasteiger partial charge in [-0.05, 0) is 55.8 Å². The minimum absolute atomic E-state index is 0.0648. The monoisotopic (exact) mass is 365 g/mol. The lowest BCUT2D eigenvalue weighted by molar-refractivity contribution is -0.00334. The van der Waals surface area contributed by atoms with Crippen LogP contribution in [0.2, 0.25) is 0 Å². The summed E-state index contributed by atoms with van der Waals surface area (Å²) in [5.74, 6) is 2.27. The van der Waals surface area contributed by atoms with E-state index in [2.05, 4.69) is 18.3 Å². The molecule has 1 heterocycles. The number of rotatable bonds is 6. The minimum Gasteiger partial charge on any atom is -0.493 e. The molecule has 26 heavy (non-hydrogen) atoms. The van der Waals surface area contributed by atoms with Crippen molar-refractivity contribution in [2.45, 2.75) is 57.7 Å². The molecule has 0 aromatic heterocycles. The summed E-state index contributed by atoms with van der Waals surface area (Å²) in [6.07, 6.45) is 7.42. The predicted octanol–water partition coefficient (Wildman–Crippen LogP) is 3.18. The van der Waals surface area contributed by atoms with Gasteiger partial charge >= 0.3 is 0 Å². The molecule has 3 atom stereocenters. The van der Waals surface area contributed by atoms with E-state index in [0.717, 1.165) is 44.0 Å². The summed E-state index contributed by atoms with van der Waals surface area (Å²) in [5.41, 5.74) is 1.23. The Hall–Kier alpha value is -1.30. The first kappa shape index (κ1) is 21.0. The summed E-state index contributed by atoms with van der Waals surface area (Å²) >= 11 is 0. The maximum atomic E-state index is 8.67. The molecule has 1 aliphatic heterocycles. The number of benzene rings is 1. The number of hydrogen-bond donors (Lipinski definition) is 2. The van der Waals surface area contributed by atoms with E-state index in [0.29, 0.717) is 12.0 Å². The lowest BCUT2D eigenvalue weighted by Gasteiger charge is -2.28. The molecular formula is C21H35NO4. The van der Waals surface area contributed by atoms with Crippen molar-refractivity contribution in [3.05, 3.63) is 23.8 Å². The largest absolute Gasteiger partial charge is 0.493 e. The maximum absolute atomic E-state index is 8.67. The second-order valence-corrected chi connectivity index (χ2v) is 7.26. The molecule has 1 saturated carbocycles. The Bertz CT molecular complexity index is 517. The van der Waals surface area contributed by atoms with Crippen LogP contribution in [0.3, 0.4) is 0 Å². The van der Waals surface area contributed by atoms with Crippen LogP contribution < -0.4 is 14.8 Å². The number of nitrogens with one attached hydrogen (secondary N) is 1. The van der Waals surface area contributed by atoms with Gasteiger partial charge in [-0.2, -0.15) is 0 Å². The summed E-state index contributed by atoms with van der Waals surface area (Å²) in [4.78, 5) is 0. The quantitative estimate of drug-likeness (QED) is 0.811. The number of hydrogen-bond acceptors (Lipinski definition) is 5. The summed E-state index contributed by atoms with van der Waals surface area (Å²) in [5, 5.41) is 11.7. The lowest BCUT2D eigenvalue weighted by Crippen LogP contribution is -2.26. The molecule has 5 nitrogen and oxygen atoms in total. The van der Waals surface area contributed by atoms with Crippen molar-refractivity contribution in [3.63, 3.8) is 0 Å². The molecule has 2 fully saturated rings. The zero-order chi connectivity index (χ0) is 18.8. The fourth-order valence-corrected chi connectivity index (χ4v) is 3.53. The van der Waals surface area contributed by atoms with Crippen LogP contribution >= 0.6 is 0 Å². The van der Waals surface area contributed by atoms with Crippen LogP contribution in [0.15, 0.2) is 18.2 Å². The van der Waals surface area contributed by atoms with Gasteiger partial charge in [0, 0.05) is 6.54 Å². The third-order valence-corrected chi connectivity index (χ3v) is 5.24. The standard InChI is InChI=1S/C17H26O3.C4H9NO/c1-13-6-4-5-7-15(13)20-11-10-14-8-9-16(18-2)17(12-14)19-3;6-4-1-2-5-3-4/h8-9,12-13,15H,4-7,10-11H2,1-3H3;4-6H,1-3H2/t13?,15-;4-/m01/s1. The smallest absolute Gasteiger partial charge is 0.160 e. The summed E-state index contributed by atoms with van der Waals surface area (Å²) < 4.78 is 16.6. The second-order valence-electron chi connectivity index (χ2n) is 7.26. The molecular weight excluding hydrogens is 330 g/mol. The Labute approximate surface area is 158 Å². The van der Waals surface area contributed by atoms with Crippen LogP contribution in [0.4, 0.5) is 0 Å². The molecule has 5 heteroatoms. The van der Waals surface area contributed by atoms with Crippen molar-refractivity contribution >= 4 is 0 Å². The van der Waals surface area contributed by atoms with Crippen LogP contribution in [-0.2, 0) is 11.2 Å². The summed E-state index contributed by atoms with van der Waals surface area (Å²) in [6.45, 7) is 4.87. The van der Waals surface area contributed by atoms with Gasteiger partial charge in [-0.3, -0.25) is 0 Å². The number of aliphatic hydroxyl groups is 1. The number of methoxy groups -OCH3 is 2. The Morgan fingerprint density at radius 1 is 1.08 bits per heavy atom. The van der Waals surface area contributed by atoms with Crippen LogP contribution in [0.1, 0.15) is 44.6 Å².